The molecule has 0 bridgehead atoms. The van der Waals surface area contributed by atoms with Crippen LogP contribution >= 0.6 is 11.3 Å². The molecule has 1 N–H and O–H groups in total. The number of hydrogen-bond donors (Lipinski definition) is 1. The third-order valence-corrected chi connectivity index (χ3v) is 5.76. The summed E-state index contributed by atoms with van der Waals surface area (Å²) in [6, 6.07) is 15.0. The lowest BCUT2D eigenvalue weighted by molar-refractivity contribution is 0.102. The van der Waals surface area contributed by atoms with Gasteiger partial charge in [-0.2, -0.15) is 0 Å². The Bertz CT molecular complexity index is 1210. The number of nitrogens with zero attached hydrogens (tertiary/aromatic N) is 5. The summed E-state index contributed by atoms with van der Waals surface area (Å²) in [5.74, 6) is 1.17. The Labute approximate surface area is 182 Å². The molecule has 31 heavy (non-hydrogen) atoms. The van der Waals surface area contributed by atoms with E-state index in [1.807, 2.05) is 47.3 Å². The van der Waals surface area contributed by atoms with Gasteiger partial charge >= 0.3 is 0 Å². The van der Waals surface area contributed by atoms with Crippen LogP contribution in [0.1, 0.15) is 39.9 Å². The van der Waals surface area contributed by atoms with Crippen LogP contribution in [-0.4, -0.2) is 31.1 Å². The largest absolute Gasteiger partial charge is 0.487 e. The minimum atomic E-state index is -0.203. The third-order valence-electron chi connectivity index (χ3n) is 4.94. The lowest BCUT2D eigenvalue weighted by atomic mass is 10.1. The standard InChI is InChI=1S/C22H20N6O2S/c1-14-23-18(13-31-14)12-30-20-4-2-3-16(11-20)22(29)24-17-7-5-15(6-8-17)21-25-26-27-28(21)19-9-10-19/h2-8,11,13,19H,9-10,12H2,1H3,(H,24,29). The highest BCUT2D eigenvalue weighted by atomic mass is 32.1. The maximum Gasteiger partial charge on any atom is 0.255 e. The maximum absolute atomic E-state index is 12.7. The SMILES string of the molecule is Cc1nc(COc2cccc(C(=O)Nc3ccc(-c4nnnn4C4CC4)cc3)c2)cs1. The summed E-state index contributed by atoms with van der Waals surface area (Å²) in [6.45, 7) is 2.33. The molecule has 0 saturated heterocycles. The summed E-state index contributed by atoms with van der Waals surface area (Å²) in [5.41, 5.74) is 3.02. The van der Waals surface area contributed by atoms with Crippen molar-refractivity contribution in [2.45, 2.75) is 32.4 Å². The van der Waals surface area contributed by atoms with E-state index in [-0.39, 0.29) is 5.91 Å². The van der Waals surface area contributed by atoms with Crippen molar-refractivity contribution >= 4 is 22.9 Å². The number of aryl methyl sites for hydroxylation is 1. The highest BCUT2D eigenvalue weighted by Crippen LogP contribution is 2.36. The molecule has 1 fully saturated rings. The number of hydrogen-bond acceptors (Lipinski definition) is 7. The second-order valence-electron chi connectivity index (χ2n) is 7.38. The second-order valence-corrected chi connectivity index (χ2v) is 8.45. The van der Waals surface area contributed by atoms with Crippen molar-refractivity contribution in [1.29, 1.82) is 0 Å². The van der Waals surface area contributed by atoms with E-state index in [1.165, 1.54) is 0 Å². The fourth-order valence-electron chi connectivity index (χ4n) is 3.21. The van der Waals surface area contributed by atoms with E-state index < -0.39 is 0 Å². The Morgan fingerprint density at radius 3 is 2.81 bits per heavy atom. The fourth-order valence-corrected chi connectivity index (χ4v) is 3.81. The van der Waals surface area contributed by atoms with Crippen LogP contribution in [0.2, 0.25) is 0 Å². The molecule has 1 amide bonds. The normalized spacial score (nSPS) is 13.2. The fraction of sp³-hybridized carbons (Fsp3) is 0.227. The first-order valence-corrected chi connectivity index (χ1v) is 10.9. The summed E-state index contributed by atoms with van der Waals surface area (Å²) < 4.78 is 7.65. The van der Waals surface area contributed by atoms with Gasteiger partial charge in [-0.05, 0) is 72.7 Å². The van der Waals surface area contributed by atoms with E-state index in [9.17, 15) is 4.79 Å². The molecule has 1 saturated carbocycles. The zero-order chi connectivity index (χ0) is 21.2. The summed E-state index contributed by atoms with van der Waals surface area (Å²) in [7, 11) is 0. The minimum Gasteiger partial charge on any atom is -0.487 e. The molecule has 1 aliphatic carbocycles. The molecule has 9 heteroatoms. The third kappa shape index (κ3) is 4.46. The van der Waals surface area contributed by atoms with Crippen LogP contribution in [0, 0.1) is 6.92 Å². The van der Waals surface area contributed by atoms with Gasteiger partial charge in [0, 0.05) is 22.2 Å². The van der Waals surface area contributed by atoms with Gasteiger partial charge in [-0.25, -0.2) is 9.67 Å². The van der Waals surface area contributed by atoms with Crippen LogP contribution in [0.25, 0.3) is 11.4 Å². The van der Waals surface area contributed by atoms with Crippen LogP contribution < -0.4 is 10.1 Å². The van der Waals surface area contributed by atoms with Crippen molar-refractivity contribution < 1.29 is 9.53 Å². The van der Waals surface area contributed by atoms with Gasteiger partial charge in [0.2, 0.25) is 0 Å². The molecule has 0 radical (unpaired) electrons. The van der Waals surface area contributed by atoms with E-state index in [4.69, 9.17) is 4.74 Å². The lowest BCUT2D eigenvalue weighted by Gasteiger charge is -2.09. The van der Waals surface area contributed by atoms with Crippen molar-refractivity contribution in [3.8, 4) is 17.1 Å². The number of anilines is 1. The molecule has 0 spiro atoms. The molecule has 4 aromatic rings. The number of nitrogens with one attached hydrogen (secondary N) is 1. The highest BCUT2D eigenvalue weighted by Gasteiger charge is 2.28. The van der Waals surface area contributed by atoms with E-state index in [0.29, 0.717) is 29.6 Å². The van der Waals surface area contributed by atoms with E-state index >= 15 is 0 Å². The summed E-state index contributed by atoms with van der Waals surface area (Å²) in [6.07, 6.45) is 2.22. The van der Waals surface area contributed by atoms with Crippen LogP contribution in [0.15, 0.2) is 53.9 Å². The molecule has 2 heterocycles. The van der Waals surface area contributed by atoms with Crippen LogP contribution in [0.3, 0.4) is 0 Å². The maximum atomic E-state index is 12.7. The monoisotopic (exact) mass is 432 g/mol. The van der Waals surface area contributed by atoms with Crippen molar-refractivity contribution in [2.75, 3.05) is 5.32 Å². The Kier molecular flexibility index (Phi) is 5.17. The number of carbonyl (C=O) groups is 1. The van der Waals surface area contributed by atoms with Crippen LogP contribution in [0.5, 0.6) is 5.75 Å². The Balaban J connectivity index is 1.24. The molecule has 0 atom stereocenters. The number of rotatable bonds is 7. The molecule has 5 rings (SSSR count). The molecule has 2 aromatic heterocycles. The zero-order valence-electron chi connectivity index (χ0n) is 16.9. The predicted molar refractivity (Wildman–Crippen MR) is 117 cm³/mol. The van der Waals surface area contributed by atoms with Crippen LogP contribution in [-0.2, 0) is 6.61 Å². The van der Waals surface area contributed by atoms with Crippen molar-refractivity contribution in [3.63, 3.8) is 0 Å². The first kappa shape index (κ1) is 19.4. The van der Waals surface area contributed by atoms with Gasteiger partial charge < -0.3 is 10.1 Å². The number of ether oxygens (including phenoxy) is 1. The zero-order valence-corrected chi connectivity index (χ0v) is 17.7. The van der Waals surface area contributed by atoms with Gasteiger partial charge in [-0.1, -0.05) is 6.07 Å². The quantitative estimate of drug-likeness (QED) is 0.469. The molecule has 0 aliphatic heterocycles. The van der Waals surface area contributed by atoms with E-state index in [2.05, 4.69) is 25.8 Å². The summed E-state index contributed by atoms with van der Waals surface area (Å²) in [5, 5.41) is 17.9. The molecule has 1 aliphatic rings. The first-order chi connectivity index (χ1) is 15.2. The van der Waals surface area contributed by atoms with Crippen molar-refractivity contribution in [3.05, 3.63) is 70.2 Å². The Hall–Kier alpha value is -3.59. The van der Waals surface area contributed by atoms with Gasteiger partial charge in [-0.3, -0.25) is 4.79 Å². The molecular formula is C22H20N6O2S. The van der Waals surface area contributed by atoms with Gasteiger partial charge in [0.15, 0.2) is 5.82 Å². The molecular weight excluding hydrogens is 412 g/mol. The first-order valence-electron chi connectivity index (χ1n) is 9.99. The van der Waals surface area contributed by atoms with E-state index in [1.54, 1.807) is 29.5 Å². The van der Waals surface area contributed by atoms with Crippen molar-refractivity contribution in [2.24, 2.45) is 0 Å². The highest BCUT2D eigenvalue weighted by molar-refractivity contribution is 7.09. The van der Waals surface area contributed by atoms with E-state index in [0.717, 1.165) is 34.9 Å². The summed E-state index contributed by atoms with van der Waals surface area (Å²) >= 11 is 1.59. The average molecular weight is 433 g/mol. The number of thiazole rings is 1. The number of aromatic nitrogens is 5. The minimum absolute atomic E-state index is 0.203. The van der Waals surface area contributed by atoms with Crippen LogP contribution in [0.4, 0.5) is 5.69 Å². The number of benzene rings is 2. The number of tetrazole rings is 1. The van der Waals surface area contributed by atoms with Crippen molar-refractivity contribution in [1.82, 2.24) is 25.2 Å². The van der Waals surface area contributed by atoms with Gasteiger partial charge in [-0.15, -0.1) is 16.4 Å². The van der Waals surface area contributed by atoms with Gasteiger partial charge in [0.05, 0.1) is 16.7 Å². The molecule has 0 unspecified atom stereocenters. The smallest absolute Gasteiger partial charge is 0.255 e. The molecule has 156 valence electrons. The predicted octanol–water partition coefficient (Wildman–Crippen LogP) is 4.27. The number of amides is 1. The Morgan fingerprint density at radius 2 is 2.06 bits per heavy atom. The molecule has 2 aromatic carbocycles. The second kappa shape index (κ2) is 8.27. The summed E-state index contributed by atoms with van der Waals surface area (Å²) in [4.78, 5) is 17.1. The lowest BCUT2D eigenvalue weighted by Crippen LogP contribution is -2.12. The Morgan fingerprint density at radius 1 is 1.23 bits per heavy atom. The molecule has 8 nitrogen and oxygen atoms in total. The van der Waals surface area contributed by atoms with Gasteiger partial charge in [0.25, 0.3) is 5.91 Å². The average Bonchev–Trinajstić information content (AvgIpc) is 3.36. The van der Waals surface area contributed by atoms with Gasteiger partial charge in [0.1, 0.15) is 12.4 Å². The topological polar surface area (TPSA) is 94.8 Å². The number of carbonyl (C=O) groups excluding carboxylic acids is 1.